The number of ether oxygens (including phenoxy) is 2. The van der Waals surface area contributed by atoms with Crippen molar-refractivity contribution in [3.05, 3.63) is 23.3 Å². The lowest BCUT2D eigenvalue weighted by Gasteiger charge is -2.40. The summed E-state index contributed by atoms with van der Waals surface area (Å²) < 4.78 is 12.0. The molecule has 0 spiro atoms. The van der Waals surface area contributed by atoms with Crippen LogP contribution in [0.15, 0.2) is 12.1 Å². The van der Waals surface area contributed by atoms with E-state index in [1.165, 1.54) is 4.90 Å². The highest BCUT2D eigenvalue weighted by molar-refractivity contribution is 6.07. The molecule has 3 amide bonds. The predicted octanol–water partition coefficient (Wildman–Crippen LogP) is 2.86. The van der Waals surface area contributed by atoms with Crippen molar-refractivity contribution in [1.82, 2.24) is 10.2 Å². The number of nitriles is 1. The van der Waals surface area contributed by atoms with Crippen molar-refractivity contribution in [2.24, 2.45) is 0 Å². The zero-order chi connectivity index (χ0) is 20.3. The number of hydrogen-bond acceptors (Lipinski definition) is 5. The fourth-order valence-electron chi connectivity index (χ4n) is 4.17. The zero-order valence-electron chi connectivity index (χ0n) is 16.7. The van der Waals surface area contributed by atoms with Crippen LogP contribution in [0.2, 0.25) is 0 Å². The molecule has 1 atom stereocenters. The Morgan fingerprint density at radius 3 is 2.64 bits per heavy atom. The number of rotatable bonds is 4. The molecule has 1 saturated carbocycles. The number of urea groups is 1. The first-order valence-electron chi connectivity index (χ1n) is 9.73. The van der Waals surface area contributed by atoms with Crippen LogP contribution in [-0.2, 0) is 10.2 Å². The first-order valence-corrected chi connectivity index (χ1v) is 9.73. The summed E-state index contributed by atoms with van der Waals surface area (Å²) in [6.07, 6.45) is 1.70. The van der Waals surface area contributed by atoms with Crippen molar-refractivity contribution < 1.29 is 19.1 Å². The van der Waals surface area contributed by atoms with E-state index in [-0.39, 0.29) is 29.5 Å². The number of amides is 3. The fraction of sp³-hybridized carbons (Fsp3) is 0.571. The van der Waals surface area contributed by atoms with Crippen LogP contribution in [-0.4, -0.2) is 41.1 Å². The van der Waals surface area contributed by atoms with Crippen molar-refractivity contribution in [1.29, 1.82) is 5.26 Å². The van der Waals surface area contributed by atoms with Gasteiger partial charge in [-0.05, 0) is 25.5 Å². The Hall–Kier alpha value is -2.75. The third-order valence-electron chi connectivity index (χ3n) is 6.22. The summed E-state index contributed by atoms with van der Waals surface area (Å²) in [5.41, 5.74) is 0.383. The number of carbonyl (C=O) groups excluding carboxylic acids is 2. The molecule has 7 nitrogen and oxygen atoms in total. The average Bonchev–Trinajstić information content (AvgIpc) is 3.06. The van der Waals surface area contributed by atoms with Crippen molar-refractivity contribution in [2.75, 3.05) is 6.61 Å². The van der Waals surface area contributed by atoms with Crippen LogP contribution in [0.4, 0.5) is 4.79 Å². The summed E-state index contributed by atoms with van der Waals surface area (Å²) in [6, 6.07) is 5.26. The van der Waals surface area contributed by atoms with Gasteiger partial charge in [0.05, 0.1) is 12.2 Å². The molecule has 28 heavy (non-hydrogen) atoms. The van der Waals surface area contributed by atoms with E-state index in [0.29, 0.717) is 37.2 Å². The van der Waals surface area contributed by atoms with Gasteiger partial charge in [0.15, 0.2) is 0 Å². The minimum atomic E-state index is -0.807. The lowest BCUT2D eigenvalue weighted by Crippen LogP contribution is -2.53. The van der Waals surface area contributed by atoms with Gasteiger partial charge in [-0.3, -0.25) is 9.69 Å². The fourth-order valence-corrected chi connectivity index (χ4v) is 4.17. The minimum Gasteiger partial charge on any atom is -0.491 e. The van der Waals surface area contributed by atoms with Crippen LogP contribution in [0.3, 0.4) is 0 Å². The van der Waals surface area contributed by atoms with E-state index in [4.69, 9.17) is 9.47 Å². The van der Waals surface area contributed by atoms with Gasteiger partial charge in [0.25, 0.3) is 5.91 Å². The van der Waals surface area contributed by atoms with Crippen LogP contribution in [0, 0.1) is 11.3 Å². The van der Waals surface area contributed by atoms with Gasteiger partial charge in [-0.1, -0.05) is 20.8 Å². The molecule has 2 fully saturated rings. The smallest absolute Gasteiger partial charge is 0.325 e. The minimum absolute atomic E-state index is 0.0764. The standard InChI is InChI=1S/C21H25N3O4/c1-5-21(4)18(25)24(19(26)23-21)13-8-14(9-13)28-15-7-6-12(10-22)17-16(15)20(2,3)11-27-17/h6-7,13-14H,5,8-9,11H2,1-4H3,(H,23,26)/t13?,14?,21-/m0/s1. The Kier molecular flexibility index (Phi) is 4.07. The monoisotopic (exact) mass is 383 g/mol. The van der Waals surface area contributed by atoms with Gasteiger partial charge in [0.1, 0.15) is 29.2 Å². The number of benzene rings is 1. The first kappa shape index (κ1) is 18.6. The molecule has 2 aliphatic heterocycles. The van der Waals surface area contributed by atoms with Gasteiger partial charge >= 0.3 is 6.03 Å². The largest absolute Gasteiger partial charge is 0.491 e. The molecule has 0 aromatic heterocycles. The molecule has 7 heteroatoms. The number of carbonyl (C=O) groups is 2. The van der Waals surface area contributed by atoms with E-state index in [2.05, 4.69) is 25.2 Å². The molecule has 0 bridgehead atoms. The molecular weight excluding hydrogens is 358 g/mol. The van der Waals surface area contributed by atoms with Crippen LogP contribution in [0.25, 0.3) is 0 Å². The van der Waals surface area contributed by atoms with E-state index in [1.807, 2.05) is 13.0 Å². The molecule has 1 N–H and O–H groups in total. The highest BCUT2D eigenvalue weighted by Crippen LogP contribution is 2.47. The predicted molar refractivity (Wildman–Crippen MR) is 101 cm³/mol. The van der Waals surface area contributed by atoms with Gasteiger partial charge < -0.3 is 14.8 Å². The van der Waals surface area contributed by atoms with Crippen LogP contribution in [0.5, 0.6) is 11.5 Å². The van der Waals surface area contributed by atoms with Crippen molar-refractivity contribution in [2.45, 2.75) is 70.1 Å². The summed E-state index contributed by atoms with van der Waals surface area (Å²) in [4.78, 5) is 26.3. The second-order valence-electron chi connectivity index (χ2n) is 8.76. The molecule has 4 rings (SSSR count). The lowest BCUT2D eigenvalue weighted by molar-refractivity contribution is -0.135. The van der Waals surface area contributed by atoms with Gasteiger partial charge in [0.2, 0.25) is 0 Å². The molecule has 1 aromatic rings. The maximum atomic E-state index is 12.6. The Labute approximate surface area is 164 Å². The third-order valence-corrected chi connectivity index (χ3v) is 6.22. The number of imide groups is 1. The summed E-state index contributed by atoms with van der Waals surface area (Å²) >= 11 is 0. The molecule has 0 radical (unpaired) electrons. The van der Waals surface area contributed by atoms with E-state index in [9.17, 15) is 14.9 Å². The van der Waals surface area contributed by atoms with E-state index in [0.717, 1.165) is 11.3 Å². The molecule has 3 aliphatic rings. The van der Waals surface area contributed by atoms with Crippen LogP contribution < -0.4 is 14.8 Å². The number of nitrogens with zero attached hydrogens (tertiary/aromatic N) is 2. The highest BCUT2D eigenvalue weighted by atomic mass is 16.5. The van der Waals surface area contributed by atoms with E-state index < -0.39 is 5.54 Å². The second kappa shape index (κ2) is 6.13. The Balaban J connectivity index is 1.48. The van der Waals surface area contributed by atoms with Gasteiger partial charge in [-0.15, -0.1) is 0 Å². The lowest BCUT2D eigenvalue weighted by atomic mass is 9.84. The number of nitrogens with one attached hydrogen (secondary N) is 1. The highest BCUT2D eigenvalue weighted by Gasteiger charge is 2.52. The molecule has 1 aromatic carbocycles. The normalized spacial score (nSPS) is 30.2. The van der Waals surface area contributed by atoms with Gasteiger partial charge in [-0.2, -0.15) is 5.26 Å². The van der Waals surface area contributed by atoms with Crippen LogP contribution in [0.1, 0.15) is 58.1 Å². The Bertz CT molecular complexity index is 898. The Morgan fingerprint density at radius 1 is 1.32 bits per heavy atom. The zero-order valence-corrected chi connectivity index (χ0v) is 16.7. The second-order valence-corrected chi connectivity index (χ2v) is 8.76. The van der Waals surface area contributed by atoms with Gasteiger partial charge in [-0.25, -0.2) is 4.79 Å². The SMILES string of the molecule is CC[C@]1(C)NC(=O)N(C2CC(Oc3ccc(C#N)c4c3C(C)(C)CO4)C2)C1=O. The summed E-state index contributed by atoms with van der Waals surface area (Å²) in [7, 11) is 0. The number of fused-ring (bicyclic) bond motifs is 1. The quantitative estimate of drug-likeness (QED) is 0.807. The summed E-state index contributed by atoms with van der Waals surface area (Å²) in [6.45, 7) is 8.29. The summed E-state index contributed by atoms with van der Waals surface area (Å²) in [5.74, 6) is 1.17. The van der Waals surface area contributed by atoms with Gasteiger partial charge in [0, 0.05) is 29.9 Å². The average molecular weight is 383 g/mol. The van der Waals surface area contributed by atoms with Crippen molar-refractivity contribution in [3.8, 4) is 17.6 Å². The van der Waals surface area contributed by atoms with Crippen LogP contribution >= 0.6 is 0 Å². The molecule has 2 heterocycles. The molecule has 1 saturated heterocycles. The molecule has 0 unspecified atom stereocenters. The topological polar surface area (TPSA) is 91.7 Å². The van der Waals surface area contributed by atoms with E-state index >= 15 is 0 Å². The molecule has 148 valence electrons. The summed E-state index contributed by atoms with van der Waals surface area (Å²) in [5, 5.41) is 12.1. The van der Waals surface area contributed by atoms with Crippen molar-refractivity contribution in [3.63, 3.8) is 0 Å². The molecule has 1 aliphatic carbocycles. The van der Waals surface area contributed by atoms with Crippen molar-refractivity contribution >= 4 is 11.9 Å². The Morgan fingerprint density at radius 2 is 2.04 bits per heavy atom. The van der Waals surface area contributed by atoms with E-state index in [1.54, 1.807) is 13.0 Å². The maximum absolute atomic E-state index is 12.6. The number of hydrogen-bond donors (Lipinski definition) is 1. The third kappa shape index (κ3) is 2.62. The molecular formula is C21H25N3O4. The maximum Gasteiger partial charge on any atom is 0.325 e. The first-order chi connectivity index (χ1) is 13.2.